The Kier molecular flexibility index (Phi) is 4.45. The van der Waals surface area contributed by atoms with E-state index in [0.29, 0.717) is 5.69 Å². The SMILES string of the molecule is CC(C)[C@@H](CO)NC(=O)c1cc(N)ccc1F. The number of aliphatic hydroxyl groups is 1. The van der Waals surface area contributed by atoms with Crippen LogP contribution >= 0.6 is 0 Å². The molecule has 0 radical (unpaired) electrons. The van der Waals surface area contributed by atoms with Gasteiger partial charge in [-0.1, -0.05) is 13.8 Å². The van der Waals surface area contributed by atoms with Gasteiger partial charge in [0.15, 0.2) is 0 Å². The van der Waals surface area contributed by atoms with Gasteiger partial charge < -0.3 is 16.2 Å². The van der Waals surface area contributed by atoms with E-state index in [-0.39, 0.29) is 18.1 Å². The van der Waals surface area contributed by atoms with E-state index in [2.05, 4.69) is 5.32 Å². The van der Waals surface area contributed by atoms with Crippen LogP contribution in [0.3, 0.4) is 0 Å². The summed E-state index contributed by atoms with van der Waals surface area (Å²) in [5.41, 5.74) is 5.71. The molecule has 5 heteroatoms. The summed E-state index contributed by atoms with van der Waals surface area (Å²) in [7, 11) is 0. The minimum atomic E-state index is -0.628. The van der Waals surface area contributed by atoms with Crippen molar-refractivity contribution < 1.29 is 14.3 Å². The summed E-state index contributed by atoms with van der Waals surface area (Å²) in [4.78, 5) is 11.8. The molecule has 0 aromatic heterocycles. The van der Waals surface area contributed by atoms with Crippen LogP contribution in [0.2, 0.25) is 0 Å². The fourth-order valence-electron chi connectivity index (χ4n) is 1.39. The molecule has 1 atom stereocenters. The Balaban J connectivity index is 2.86. The fraction of sp³-hybridized carbons (Fsp3) is 0.417. The standard InChI is InChI=1S/C12H17FN2O2/c1-7(2)11(6-16)15-12(17)9-5-8(14)3-4-10(9)13/h3-5,7,11,16H,6,14H2,1-2H3,(H,15,17)/t11-/m1/s1. The molecule has 0 fully saturated rings. The highest BCUT2D eigenvalue weighted by atomic mass is 19.1. The zero-order valence-corrected chi connectivity index (χ0v) is 9.90. The van der Waals surface area contributed by atoms with Crippen molar-refractivity contribution in [1.29, 1.82) is 0 Å². The third-order valence-electron chi connectivity index (χ3n) is 2.55. The predicted molar refractivity (Wildman–Crippen MR) is 64.0 cm³/mol. The van der Waals surface area contributed by atoms with Crippen molar-refractivity contribution in [3.05, 3.63) is 29.6 Å². The quantitative estimate of drug-likeness (QED) is 0.691. The van der Waals surface area contributed by atoms with Crippen molar-refractivity contribution in [3.63, 3.8) is 0 Å². The first-order valence-electron chi connectivity index (χ1n) is 5.42. The van der Waals surface area contributed by atoms with E-state index in [0.717, 1.165) is 6.07 Å². The Morgan fingerprint density at radius 1 is 1.53 bits per heavy atom. The fourth-order valence-corrected chi connectivity index (χ4v) is 1.39. The molecule has 4 N–H and O–H groups in total. The van der Waals surface area contributed by atoms with Crippen LogP contribution in [0.1, 0.15) is 24.2 Å². The van der Waals surface area contributed by atoms with E-state index in [9.17, 15) is 9.18 Å². The lowest BCUT2D eigenvalue weighted by Gasteiger charge is -2.20. The Morgan fingerprint density at radius 2 is 2.18 bits per heavy atom. The molecule has 1 amide bonds. The molecule has 0 heterocycles. The Morgan fingerprint density at radius 3 is 2.71 bits per heavy atom. The number of rotatable bonds is 4. The number of benzene rings is 1. The molecule has 17 heavy (non-hydrogen) atoms. The number of nitrogen functional groups attached to an aromatic ring is 1. The molecule has 0 saturated carbocycles. The number of carbonyl (C=O) groups excluding carboxylic acids is 1. The molecule has 0 bridgehead atoms. The van der Waals surface area contributed by atoms with Crippen LogP contribution in [0.25, 0.3) is 0 Å². The van der Waals surface area contributed by atoms with Gasteiger partial charge in [-0.3, -0.25) is 4.79 Å². The number of hydrogen-bond donors (Lipinski definition) is 3. The number of nitrogens with one attached hydrogen (secondary N) is 1. The molecule has 0 spiro atoms. The summed E-state index contributed by atoms with van der Waals surface area (Å²) >= 11 is 0. The average molecular weight is 240 g/mol. The first-order valence-corrected chi connectivity index (χ1v) is 5.42. The highest BCUT2D eigenvalue weighted by molar-refractivity contribution is 5.95. The van der Waals surface area contributed by atoms with Crippen LogP contribution in [0.15, 0.2) is 18.2 Å². The molecule has 1 aromatic carbocycles. The van der Waals surface area contributed by atoms with E-state index >= 15 is 0 Å². The lowest BCUT2D eigenvalue weighted by molar-refractivity contribution is 0.0893. The third-order valence-corrected chi connectivity index (χ3v) is 2.55. The van der Waals surface area contributed by atoms with E-state index in [4.69, 9.17) is 10.8 Å². The lowest BCUT2D eigenvalue weighted by Crippen LogP contribution is -2.41. The van der Waals surface area contributed by atoms with Gasteiger partial charge in [0.2, 0.25) is 0 Å². The van der Waals surface area contributed by atoms with Gasteiger partial charge >= 0.3 is 0 Å². The number of halogens is 1. The van der Waals surface area contributed by atoms with Gasteiger partial charge in [-0.2, -0.15) is 0 Å². The number of aliphatic hydroxyl groups excluding tert-OH is 1. The van der Waals surface area contributed by atoms with Crippen molar-refractivity contribution in [2.24, 2.45) is 5.92 Å². The summed E-state index contributed by atoms with van der Waals surface area (Å²) in [5, 5.41) is 11.6. The van der Waals surface area contributed by atoms with Crippen LogP contribution < -0.4 is 11.1 Å². The van der Waals surface area contributed by atoms with Gasteiger partial charge in [0.1, 0.15) is 5.82 Å². The molecule has 94 valence electrons. The van der Waals surface area contributed by atoms with Crippen LogP contribution in [0.5, 0.6) is 0 Å². The maximum atomic E-state index is 13.4. The molecule has 0 aliphatic heterocycles. The second kappa shape index (κ2) is 5.63. The van der Waals surface area contributed by atoms with Gasteiger partial charge in [-0.05, 0) is 24.1 Å². The number of carbonyl (C=O) groups is 1. The lowest BCUT2D eigenvalue weighted by atomic mass is 10.0. The number of anilines is 1. The molecular weight excluding hydrogens is 223 g/mol. The smallest absolute Gasteiger partial charge is 0.254 e. The van der Waals surface area contributed by atoms with Gasteiger partial charge in [-0.25, -0.2) is 4.39 Å². The summed E-state index contributed by atoms with van der Waals surface area (Å²) in [5.74, 6) is -1.13. The third kappa shape index (κ3) is 3.42. The molecule has 1 rings (SSSR count). The van der Waals surface area contributed by atoms with Gasteiger partial charge in [-0.15, -0.1) is 0 Å². The van der Waals surface area contributed by atoms with Crippen LogP contribution in [0.4, 0.5) is 10.1 Å². The van der Waals surface area contributed by atoms with Crippen LogP contribution in [-0.2, 0) is 0 Å². The molecule has 0 aliphatic carbocycles. The maximum absolute atomic E-state index is 13.4. The number of amides is 1. The van der Waals surface area contributed by atoms with Crippen LogP contribution in [0, 0.1) is 11.7 Å². The van der Waals surface area contributed by atoms with Crippen LogP contribution in [-0.4, -0.2) is 23.7 Å². The monoisotopic (exact) mass is 240 g/mol. The van der Waals surface area contributed by atoms with E-state index in [1.54, 1.807) is 0 Å². The van der Waals surface area contributed by atoms with Crippen molar-refractivity contribution in [1.82, 2.24) is 5.32 Å². The van der Waals surface area contributed by atoms with Crippen molar-refractivity contribution >= 4 is 11.6 Å². The first-order chi connectivity index (χ1) is 7.95. The summed E-state index contributed by atoms with van der Waals surface area (Å²) in [6.45, 7) is 3.53. The Bertz CT molecular complexity index is 407. The minimum Gasteiger partial charge on any atom is -0.399 e. The molecule has 4 nitrogen and oxygen atoms in total. The van der Waals surface area contributed by atoms with E-state index in [1.165, 1.54) is 12.1 Å². The molecular formula is C12H17FN2O2. The zero-order chi connectivity index (χ0) is 13.0. The summed E-state index contributed by atoms with van der Waals surface area (Å²) in [6.07, 6.45) is 0. The summed E-state index contributed by atoms with van der Waals surface area (Å²) < 4.78 is 13.4. The number of hydrogen-bond acceptors (Lipinski definition) is 3. The Labute approximate surface area is 99.6 Å². The van der Waals surface area contributed by atoms with Crippen molar-refractivity contribution in [2.45, 2.75) is 19.9 Å². The minimum absolute atomic E-state index is 0.0630. The largest absolute Gasteiger partial charge is 0.399 e. The topological polar surface area (TPSA) is 75.3 Å². The molecule has 0 saturated heterocycles. The first kappa shape index (κ1) is 13.4. The normalized spacial score (nSPS) is 12.5. The summed E-state index contributed by atoms with van der Waals surface area (Å²) in [6, 6.07) is 3.41. The average Bonchev–Trinajstić information content (AvgIpc) is 2.28. The molecule has 1 aromatic rings. The van der Waals surface area contributed by atoms with E-state index in [1.807, 2.05) is 13.8 Å². The van der Waals surface area contributed by atoms with Crippen molar-refractivity contribution in [3.8, 4) is 0 Å². The Hall–Kier alpha value is -1.62. The second-order valence-electron chi connectivity index (χ2n) is 4.25. The van der Waals surface area contributed by atoms with Gasteiger partial charge in [0.25, 0.3) is 5.91 Å². The highest BCUT2D eigenvalue weighted by Crippen LogP contribution is 2.12. The van der Waals surface area contributed by atoms with Gasteiger partial charge in [0, 0.05) is 5.69 Å². The van der Waals surface area contributed by atoms with Gasteiger partial charge in [0.05, 0.1) is 18.2 Å². The number of nitrogens with two attached hydrogens (primary N) is 1. The predicted octanol–water partition coefficient (Wildman–Crippen LogP) is 1.15. The zero-order valence-electron chi connectivity index (χ0n) is 9.90. The molecule has 0 aliphatic rings. The van der Waals surface area contributed by atoms with Crippen molar-refractivity contribution in [2.75, 3.05) is 12.3 Å². The maximum Gasteiger partial charge on any atom is 0.254 e. The molecule has 0 unspecified atom stereocenters. The highest BCUT2D eigenvalue weighted by Gasteiger charge is 2.18. The second-order valence-corrected chi connectivity index (χ2v) is 4.25. The van der Waals surface area contributed by atoms with E-state index < -0.39 is 17.8 Å².